The first kappa shape index (κ1) is 16.3. The van der Waals surface area contributed by atoms with Gasteiger partial charge in [0.25, 0.3) is 5.91 Å². The predicted molar refractivity (Wildman–Crippen MR) is 94.0 cm³/mol. The lowest BCUT2D eigenvalue weighted by Gasteiger charge is -2.11. The largest absolute Gasteiger partial charge is 0.453 e. The molecule has 25 heavy (non-hydrogen) atoms. The van der Waals surface area contributed by atoms with Gasteiger partial charge >= 0.3 is 6.09 Å². The summed E-state index contributed by atoms with van der Waals surface area (Å²) in [4.78, 5) is 23.8. The van der Waals surface area contributed by atoms with Crippen molar-refractivity contribution in [1.82, 2.24) is 9.78 Å². The first-order valence-corrected chi connectivity index (χ1v) is 7.53. The first-order valence-electron chi connectivity index (χ1n) is 7.53. The van der Waals surface area contributed by atoms with Gasteiger partial charge in [0, 0.05) is 23.8 Å². The van der Waals surface area contributed by atoms with Crippen LogP contribution >= 0.6 is 0 Å². The molecule has 0 saturated carbocycles. The molecule has 2 amide bonds. The summed E-state index contributed by atoms with van der Waals surface area (Å²) in [6.07, 6.45) is 2.88. The molecule has 7 heteroatoms. The Morgan fingerprint density at radius 2 is 1.64 bits per heavy atom. The molecule has 0 fully saturated rings. The van der Waals surface area contributed by atoms with E-state index in [0.29, 0.717) is 22.6 Å². The molecule has 0 aliphatic rings. The summed E-state index contributed by atoms with van der Waals surface area (Å²) in [7, 11) is 1.29. The van der Waals surface area contributed by atoms with Crippen LogP contribution in [0.1, 0.15) is 10.4 Å². The molecule has 7 nitrogen and oxygen atoms in total. The van der Waals surface area contributed by atoms with Gasteiger partial charge in [-0.05, 0) is 42.5 Å². The van der Waals surface area contributed by atoms with Crippen molar-refractivity contribution in [2.24, 2.45) is 0 Å². The Kier molecular flexibility index (Phi) is 4.75. The summed E-state index contributed by atoms with van der Waals surface area (Å²) in [6, 6.07) is 15.7. The summed E-state index contributed by atoms with van der Waals surface area (Å²) >= 11 is 0. The van der Waals surface area contributed by atoms with Crippen LogP contribution in [0.15, 0.2) is 67.0 Å². The Bertz CT molecular complexity index is 874. The third kappa shape index (κ3) is 3.84. The molecule has 0 radical (unpaired) electrons. The van der Waals surface area contributed by atoms with Crippen LogP contribution in [0.4, 0.5) is 16.2 Å². The van der Waals surface area contributed by atoms with Gasteiger partial charge in [0.15, 0.2) is 0 Å². The fourth-order valence-corrected chi connectivity index (χ4v) is 2.28. The van der Waals surface area contributed by atoms with Crippen molar-refractivity contribution >= 4 is 23.4 Å². The zero-order chi connectivity index (χ0) is 17.6. The van der Waals surface area contributed by atoms with Gasteiger partial charge in [-0.25, -0.2) is 9.48 Å². The number of benzene rings is 2. The van der Waals surface area contributed by atoms with E-state index >= 15 is 0 Å². The number of carbonyl (C=O) groups excluding carboxylic acids is 2. The Balaban J connectivity index is 1.76. The third-order valence-electron chi connectivity index (χ3n) is 3.47. The fraction of sp³-hybridized carbons (Fsp3) is 0.0556. The molecule has 1 aromatic heterocycles. The Morgan fingerprint density at radius 1 is 0.960 bits per heavy atom. The van der Waals surface area contributed by atoms with Gasteiger partial charge < -0.3 is 10.1 Å². The monoisotopic (exact) mass is 336 g/mol. The minimum atomic E-state index is -0.551. The zero-order valence-corrected chi connectivity index (χ0v) is 13.5. The quantitative estimate of drug-likeness (QED) is 0.765. The van der Waals surface area contributed by atoms with Crippen molar-refractivity contribution in [2.75, 3.05) is 17.7 Å². The summed E-state index contributed by atoms with van der Waals surface area (Å²) in [6.45, 7) is 0. The van der Waals surface area contributed by atoms with E-state index in [1.807, 2.05) is 12.1 Å². The summed E-state index contributed by atoms with van der Waals surface area (Å²) in [5.41, 5.74) is 2.37. The average molecular weight is 336 g/mol. The highest BCUT2D eigenvalue weighted by atomic mass is 16.5. The lowest BCUT2D eigenvalue weighted by molar-refractivity contribution is 0.102. The van der Waals surface area contributed by atoms with Crippen molar-refractivity contribution < 1.29 is 14.3 Å². The van der Waals surface area contributed by atoms with Crippen molar-refractivity contribution in [3.05, 3.63) is 72.6 Å². The number of hydrogen-bond donors (Lipinski definition) is 2. The summed E-state index contributed by atoms with van der Waals surface area (Å²) in [5.74, 6) is -0.250. The summed E-state index contributed by atoms with van der Waals surface area (Å²) in [5, 5.41) is 9.55. The molecule has 3 aromatic rings. The molecule has 2 aromatic carbocycles. The van der Waals surface area contributed by atoms with Gasteiger partial charge in [-0.3, -0.25) is 10.1 Å². The van der Waals surface area contributed by atoms with E-state index in [1.165, 1.54) is 7.11 Å². The zero-order valence-electron chi connectivity index (χ0n) is 13.5. The number of methoxy groups -OCH3 is 1. The molecule has 0 saturated heterocycles. The highest BCUT2D eigenvalue weighted by Crippen LogP contribution is 2.18. The van der Waals surface area contributed by atoms with Crippen LogP contribution in [-0.4, -0.2) is 28.9 Å². The Labute approximate surface area is 144 Å². The van der Waals surface area contributed by atoms with Crippen LogP contribution in [0.5, 0.6) is 0 Å². The molecular formula is C18H16N4O3. The van der Waals surface area contributed by atoms with Crippen molar-refractivity contribution in [3.8, 4) is 5.69 Å². The van der Waals surface area contributed by atoms with Crippen LogP contribution in [0.3, 0.4) is 0 Å². The van der Waals surface area contributed by atoms with Gasteiger partial charge in [-0.1, -0.05) is 12.1 Å². The smallest absolute Gasteiger partial charge is 0.411 e. The number of aromatic nitrogens is 2. The average Bonchev–Trinajstić information content (AvgIpc) is 3.18. The van der Waals surface area contributed by atoms with Gasteiger partial charge in [0.05, 0.1) is 18.4 Å². The van der Waals surface area contributed by atoms with Crippen LogP contribution in [-0.2, 0) is 4.74 Å². The van der Waals surface area contributed by atoms with E-state index in [-0.39, 0.29) is 5.91 Å². The van der Waals surface area contributed by atoms with Crippen LogP contribution in [0.2, 0.25) is 0 Å². The molecule has 3 rings (SSSR count). The molecule has 1 heterocycles. The number of amides is 2. The maximum Gasteiger partial charge on any atom is 0.411 e. The highest BCUT2D eigenvalue weighted by molar-refractivity contribution is 6.06. The molecular weight excluding hydrogens is 320 g/mol. The molecule has 0 spiro atoms. The lowest BCUT2D eigenvalue weighted by Crippen LogP contribution is -2.15. The maximum absolute atomic E-state index is 12.6. The number of ether oxygens (including phenoxy) is 1. The first-order chi connectivity index (χ1) is 12.2. The molecule has 0 aliphatic carbocycles. The molecule has 0 atom stereocenters. The van der Waals surface area contributed by atoms with E-state index in [4.69, 9.17) is 0 Å². The number of anilines is 2. The van der Waals surface area contributed by atoms with Gasteiger partial charge in [-0.2, -0.15) is 5.10 Å². The third-order valence-corrected chi connectivity index (χ3v) is 3.47. The lowest BCUT2D eigenvalue weighted by atomic mass is 10.1. The second kappa shape index (κ2) is 7.31. The van der Waals surface area contributed by atoms with Crippen LogP contribution in [0, 0.1) is 0 Å². The number of rotatable bonds is 4. The van der Waals surface area contributed by atoms with Gasteiger partial charge in [0.1, 0.15) is 0 Å². The Hall–Kier alpha value is -3.61. The second-order valence-corrected chi connectivity index (χ2v) is 5.12. The Morgan fingerprint density at radius 3 is 2.28 bits per heavy atom. The predicted octanol–water partition coefficient (Wildman–Crippen LogP) is 3.30. The minimum absolute atomic E-state index is 0.250. The van der Waals surface area contributed by atoms with E-state index in [0.717, 1.165) is 0 Å². The van der Waals surface area contributed by atoms with Crippen LogP contribution in [0.25, 0.3) is 5.69 Å². The van der Waals surface area contributed by atoms with Crippen molar-refractivity contribution in [2.45, 2.75) is 0 Å². The maximum atomic E-state index is 12.6. The van der Waals surface area contributed by atoms with E-state index < -0.39 is 6.09 Å². The molecule has 0 aliphatic heterocycles. The minimum Gasteiger partial charge on any atom is -0.453 e. The van der Waals surface area contributed by atoms with Crippen molar-refractivity contribution in [3.63, 3.8) is 0 Å². The number of hydrogen-bond acceptors (Lipinski definition) is 4. The molecule has 126 valence electrons. The second-order valence-electron chi connectivity index (χ2n) is 5.12. The fourth-order valence-electron chi connectivity index (χ4n) is 2.28. The highest BCUT2D eigenvalue weighted by Gasteiger charge is 2.13. The SMILES string of the molecule is COC(=O)Nc1ccc(NC(=O)c2ccccc2-n2cccn2)cc1. The number of nitrogens with zero attached hydrogens (tertiary/aromatic N) is 2. The van der Waals surface area contributed by atoms with E-state index in [2.05, 4.69) is 20.5 Å². The number of para-hydroxylation sites is 1. The van der Waals surface area contributed by atoms with Crippen LogP contribution < -0.4 is 10.6 Å². The van der Waals surface area contributed by atoms with Gasteiger partial charge in [0.2, 0.25) is 0 Å². The standard InChI is InChI=1S/C18H16N4O3/c1-25-18(24)21-14-9-7-13(8-10-14)20-17(23)15-5-2-3-6-16(15)22-12-4-11-19-22/h2-12H,1H3,(H,20,23)(H,21,24). The van der Waals surface area contributed by atoms with Crippen molar-refractivity contribution in [1.29, 1.82) is 0 Å². The van der Waals surface area contributed by atoms with Gasteiger partial charge in [-0.15, -0.1) is 0 Å². The van der Waals surface area contributed by atoms with E-state index in [9.17, 15) is 9.59 Å². The molecule has 2 N–H and O–H groups in total. The summed E-state index contributed by atoms with van der Waals surface area (Å²) < 4.78 is 6.16. The van der Waals surface area contributed by atoms with E-state index in [1.54, 1.807) is 59.5 Å². The number of carbonyl (C=O) groups is 2. The molecule has 0 bridgehead atoms. The molecule has 0 unspecified atom stereocenters. The normalized spacial score (nSPS) is 10.1. The number of nitrogens with one attached hydrogen (secondary N) is 2. The topological polar surface area (TPSA) is 85.3 Å².